The topological polar surface area (TPSA) is 51.6 Å². The molecule has 0 saturated heterocycles. The highest BCUT2D eigenvalue weighted by molar-refractivity contribution is 7.26. The second kappa shape index (κ2) is 23.7. The van der Waals surface area contributed by atoms with Crippen LogP contribution in [0.2, 0.25) is 0 Å². The molecule has 0 aliphatic carbocycles. The highest BCUT2D eigenvalue weighted by Gasteiger charge is 2.20. The zero-order chi connectivity index (χ0) is 60.8. The Labute approximate surface area is 536 Å². The fraction of sp³-hybridized carbons (Fsp3) is 0.0118. The normalized spacial score (nSPS) is 11.6. The Morgan fingerprint density at radius 3 is 1.16 bits per heavy atom. The molecule has 16 aromatic rings. The summed E-state index contributed by atoms with van der Waals surface area (Å²) in [5.41, 5.74) is 26.1. The Hall–Kier alpha value is -11.3. The average Bonchev–Trinajstić information content (AvgIpc) is 1.70. The Morgan fingerprint density at radius 2 is 0.626 bits per heavy atom. The van der Waals surface area contributed by atoms with Gasteiger partial charge in [0.05, 0.1) is 31.8 Å². The van der Waals surface area contributed by atoms with E-state index in [1.54, 1.807) is 22.7 Å². The lowest BCUT2D eigenvalue weighted by molar-refractivity contribution is 1.24. The fourth-order valence-electron chi connectivity index (χ4n) is 12.4. The van der Waals surface area contributed by atoms with Crippen LogP contribution in [0.5, 0.6) is 0 Å². The van der Waals surface area contributed by atoms with Crippen molar-refractivity contribution in [3.8, 4) is 123 Å². The number of rotatable bonds is 13. The Morgan fingerprint density at radius 1 is 0.286 bits per heavy atom. The molecule has 0 saturated carbocycles. The maximum absolute atomic E-state index is 5.42. The van der Waals surface area contributed by atoms with E-state index < -0.39 is 0 Å². The van der Waals surface area contributed by atoms with Crippen LogP contribution in [0.3, 0.4) is 0 Å². The lowest BCUT2D eigenvalue weighted by Gasteiger charge is -2.10. The quantitative estimate of drug-likeness (QED) is 0.108. The summed E-state index contributed by atoms with van der Waals surface area (Å²) in [6, 6.07) is 106. The van der Waals surface area contributed by atoms with E-state index in [4.69, 9.17) is 19.9 Å². The molecule has 4 nitrogen and oxygen atoms in total. The van der Waals surface area contributed by atoms with E-state index in [1.807, 2.05) is 19.1 Å². The SMILES string of the molecule is C=C(C=CC)c1cccc(-c2ccc(-c3nc(-c4ccc(-c5cccc(-c6ccccc6)c5)cc4)nc4c3sc3cc(-c5ccc(-c6ccc(-c7cccc(-c8cccc(-c9nc(-c%10ccccc%10)c%10sc%11ccccc%11c%10n9)c8)c7)cc6)cc5)ccc34)cc2)c1. The molecule has 0 aliphatic heterocycles. The minimum Gasteiger partial charge on any atom is -0.226 e. The maximum Gasteiger partial charge on any atom is 0.160 e. The third kappa shape index (κ3) is 10.7. The Bertz CT molecular complexity index is 5450. The van der Waals surface area contributed by atoms with Crippen molar-refractivity contribution in [1.29, 1.82) is 0 Å². The van der Waals surface area contributed by atoms with Crippen molar-refractivity contribution in [2.24, 2.45) is 0 Å². The van der Waals surface area contributed by atoms with E-state index in [2.05, 4.69) is 304 Å². The summed E-state index contributed by atoms with van der Waals surface area (Å²) in [7, 11) is 0. The van der Waals surface area contributed by atoms with Gasteiger partial charge < -0.3 is 0 Å². The lowest BCUT2D eigenvalue weighted by Crippen LogP contribution is -1.94. The molecule has 0 unspecified atom stereocenters. The lowest BCUT2D eigenvalue weighted by atomic mass is 9.95. The number of hydrogen-bond acceptors (Lipinski definition) is 6. The van der Waals surface area contributed by atoms with Gasteiger partial charge in [-0.25, -0.2) is 19.9 Å². The van der Waals surface area contributed by atoms with Crippen molar-refractivity contribution in [3.63, 3.8) is 0 Å². The molecule has 4 aromatic heterocycles. The number of fused-ring (bicyclic) bond motifs is 6. The van der Waals surface area contributed by atoms with Crippen LogP contribution in [0, 0.1) is 0 Å². The third-order valence-electron chi connectivity index (χ3n) is 17.2. The van der Waals surface area contributed by atoms with Gasteiger partial charge in [-0.3, -0.25) is 0 Å². The Balaban J connectivity index is 0.679. The van der Waals surface area contributed by atoms with Crippen molar-refractivity contribution in [2.75, 3.05) is 0 Å². The summed E-state index contributed by atoms with van der Waals surface area (Å²) in [4.78, 5) is 21.3. The number of benzene rings is 12. The van der Waals surface area contributed by atoms with E-state index in [0.717, 1.165) is 153 Å². The second-order valence-corrected chi connectivity index (χ2v) is 25.1. The summed E-state index contributed by atoms with van der Waals surface area (Å²) in [5.74, 6) is 1.41. The van der Waals surface area contributed by atoms with Crippen molar-refractivity contribution in [1.82, 2.24) is 19.9 Å². The molecule has 0 atom stereocenters. The molecule has 4 heterocycles. The van der Waals surface area contributed by atoms with Crippen LogP contribution in [0.25, 0.3) is 169 Å². The van der Waals surface area contributed by atoms with Gasteiger partial charge in [0.25, 0.3) is 0 Å². The molecule has 0 bridgehead atoms. The molecule has 0 fully saturated rings. The largest absolute Gasteiger partial charge is 0.226 e. The molecule has 16 rings (SSSR count). The van der Waals surface area contributed by atoms with Crippen LogP contribution >= 0.6 is 22.7 Å². The third-order valence-corrected chi connectivity index (χ3v) is 19.5. The molecular weight excluding hydrogens is 1140 g/mol. The monoisotopic (exact) mass is 1200 g/mol. The van der Waals surface area contributed by atoms with Gasteiger partial charge >= 0.3 is 0 Å². The minimum atomic E-state index is 0.695. The van der Waals surface area contributed by atoms with E-state index in [9.17, 15) is 0 Å². The van der Waals surface area contributed by atoms with Crippen molar-refractivity contribution in [2.45, 2.75) is 6.92 Å². The van der Waals surface area contributed by atoms with Crippen molar-refractivity contribution >= 4 is 68.9 Å². The van der Waals surface area contributed by atoms with E-state index >= 15 is 0 Å². The fourth-order valence-corrected chi connectivity index (χ4v) is 14.8. The summed E-state index contributed by atoms with van der Waals surface area (Å²) in [5, 5.41) is 2.27. The first-order valence-electron chi connectivity index (χ1n) is 30.6. The first kappa shape index (κ1) is 55.1. The zero-order valence-corrected chi connectivity index (χ0v) is 51.4. The molecule has 12 aromatic carbocycles. The zero-order valence-electron chi connectivity index (χ0n) is 49.8. The highest BCUT2D eigenvalue weighted by Crippen LogP contribution is 2.44. The summed E-state index contributed by atoms with van der Waals surface area (Å²) < 4.78 is 4.54. The van der Waals surface area contributed by atoms with Gasteiger partial charge in [0, 0.05) is 42.4 Å². The molecule has 0 radical (unpaired) electrons. The van der Waals surface area contributed by atoms with Gasteiger partial charge in [0.2, 0.25) is 0 Å². The number of allylic oxidation sites excluding steroid dienone is 3. The van der Waals surface area contributed by atoms with Crippen LogP contribution in [0.4, 0.5) is 0 Å². The van der Waals surface area contributed by atoms with E-state index in [1.165, 1.54) is 15.8 Å². The number of thiophene rings is 2. The average molecular weight is 1200 g/mol. The van der Waals surface area contributed by atoms with Gasteiger partial charge in [-0.1, -0.05) is 280 Å². The van der Waals surface area contributed by atoms with Gasteiger partial charge in [-0.05, 0) is 132 Å². The van der Waals surface area contributed by atoms with Crippen LogP contribution < -0.4 is 0 Å². The predicted octanol–water partition coefficient (Wildman–Crippen LogP) is 23.9. The van der Waals surface area contributed by atoms with Crippen molar-refractivity contribution < 1.29 is 0 Å². The van der Waals surface area contributed by atoms with Crippen molar-refractivity contribution in [3.05, 3.63) is 322 Å². The van der Waals surface area contributed by atoms with Gasteiger partial charge in [-0.15, -0.1) is 22.7 Å². The molecule has 6 heteroatoms. The predicted molar refractivity (Wildman–Crippen MR) is 387 cm³/mol. The van der Waals surface area contributed by atoms with Gasteiger partial charge in [0.15, 0.2) is 11.6 Å². The summed E-state index contributed by atoms with van der Waals surface area (Å²) in [6.07, 6.45) is 4.08. The van der Waals surface area contributed by atoms with Gasteiger partial charge in [0.1, 0.15) is 0 Å². The molecule has 91 heavy (non-hydrogen) atoms. The van der Waals surface area contributed by atoms with E-state index in [-0.39, 0.29) is 0 Å². The second-order valence-electron chi connectivity index (χ2n) is 22.9. The molecule has 0 spiro atoms. The highest BCUT2D eigenvalue weighted by atomic mass is 32.1. The molecule has 0 aliphatic rings. The van der Waals surface area contributed by atoms with Crippen LogP contribution in [-0.2, 0) is 0 Å². The molecular formula is C85H56N4S2. The Kier molecular flexibility index (Phi) is 14.3. The van der Waals surface area contributed by atoms with Crippen LogP contribution in [0.15, 0.2) is 316 Å². The first-order valence-corrected chi connectivity index (χ1v) is 32.2. The number of nitrogens with zero attached hydrogens (tertiary/aromatic N) is 4. The van der Waals surface area contributed by atoms with Crippen LogP contribution in [0.1, 0.15) is 12.5 Å². The smallest absolute Gasteiger partial charge is 0.160 e. The van der Waals surface area contributed by atoms with Gasteiger partial charge in [-0.2, -0.15) is 0 Å². The summed E-state index contributed by atoms with van der Waals surface area (Å²) in [6.45, 7) is 6.31. The molecule has 428 valence electrons. The summed E-state index contributed by atoms with van der Waals surface area (Å²) >= 11 is 3.51. The number of aromatic nitrogens is 4. The number of hydrogen-bond donors (Lipinski definition) is 0. The standard InChI is InChI=1S/C85H56N4S2/c1-3-16-54(2)65-21-12-22-66(49-65)59-39-43-63(44-40-59)79-83-81(88-84(86-79)64-45-41-60(42-46-64)68-24-13-23-67(50-68)55-17-6-4-7-18-55)75-48-47-72(53-77(75)91-83)61-37-33-57(34-38-61)56-31-35-58(36-32-56)69-25-14-26-70(51-69)71-27-15-28-73(52-71)85-87-78(62-19-8-5-9-20-62)82-80(89-85)74-29-10-11-30-76(74)90-82/h3-53H,2H2,1H3. The minimum absolute atomic E-state index is 0.695. The maximum atomic E-state index is 5.42. The van der Waals surface area contributed by atoms with Crippen LogP contribution in [-0.4, -0.2) is 19.9 Å². The molecule has 0 N–H and O–H groups in total. The van der Waals surface area contributed by atoms with E-state index in [0.29, 0.717) is 5.82 Å². The first-order chi connectivity index (χ1) is 44.9. The molecule has 0 amide bonds.